The van der Waals surface area contributed by atoms with E-state index in [9.17, 15) is 4.79 Å². The number of benzene rings is 1. The summed E-state index contributed by atoms with van der Waals surface area (Å²) in [6, 6.07) is 8.82. The zero-order valence-corrected chi connectivity index (χ0v) is 11.9. The van der Waals surface area contributed by atoms with Crippen LogP contribution in [0.25, 0.3) is 0 Å². The highest BCUT2D eigenvalue weighted by Gasteiger charge is 2.11. The van der Waals surface area contributed by atoms with Crippen molar-refractivity contribution in [1.82, 2.24) is 4.98 Å². The summed E-state index contributed by atoms with van der Waals surface area (Å²) in [7, 11) is 0. The van der Waals surface area contributed by atoms with E-state index in [-0.39, 0.29) is 5.91 Å². The van der Waals surface area contributed by atoms with E-state index in [4.69, 9.17) is 11.6 Å². The minimum atomic E-state index is -0.191. The van der Waals surface area contributed by atoms with Crippen LogP contribution in [0.1, 0.15) is 15.9 Å². The van der Waals surface area contributed by atoms with Crippen LogP contribution in [-0.4, -0.2) is 10.9 Å². The Kier molecular flexibility index (Phi) is 3.99. The fraction of sp³-hybridized carbons (Fsp3) is 0.0769. The van der Waals surface area contributed by atoms with Crippen LogP contribution in [0.15, 0.2) is 41.0 Å². The smallest absolute Gasteiger partial charge is 0.257 e. The van der Waals surface area contributed by atoms with Crippen LogP contribution < -0.4 is 5.32 Å². The van der Waals surface area contributed by atoms with Gasteiger partial charge in [-0.15, -0.1) is 0 Å². The molecule has 1 heterocycles. The first-order valence-electron chi connectivity index (χ1n) is 5.26. The van der Waals surface area contributed by atoms with Gasteiger partial charge in [0.05, 0.1) is 5.02 Å². The number of hydrogen-bond acceptors (Lipinski definition) is 2. The Labute approximate surface area is 118 Å². The summed E-state index contributed by atoms with van der Waals surface area (Å²) >= 11 is 9.13. The van der Waals surface area contributed by atoms with Gasteiger partial charge >= 0.3 is 0 Å². The molecular weight excluding hydrogens is 316 g/mol. The lowest BCUT2D eigenvalue weighted by Crippen LogP contribution is -2.14. The number of carbonyl (C=O) groups is 1. The van der Waals surface area contributed by atoms with Crippen LogP contribution in [0.3, 0.4) is 0 Å². The maximum absolute atomic E-state index is 12.1. The van der Waals surface area contributed by atoms with Crippen molar-refractivity contribution in [3.63, 3.8) is 0 Å². The molecule has 0 aliphatic carbocycles. The number of rotatable bonds is 2. The Balaban J connectivity index is 2.22. The van der Waals surface area contributed by atoms with E-state index in [0.717, 1.165) is 10.0 Å². The van der Waals surface area contributed by atoms with Gasteiger partial charge in [0, 0.05) is 16.2 Å². The fourth-order valence-electron chi connectivity index (χ4n) is 1.49. The van der Waals surface area contributed by atoms with E-state index in [1.54, 1.807) is 18.2 Å². The lowest BCUT2D eigenvalue weighted by molar-refractivity contribution is 0.102. The van der Waals surface area contributed by atoms with Gasteiger partial charge < -0.3 is 5.32 Å². The average molecular weight is 326 g/mol. The molecule has 1 N–H and O–H groups in total. The van der Waals surface area contributed by atoms with Crippen molar-refractivity contribution < 1.29 is 4.79 Å². The summed E-state index contributed by atoms with van der Waals surface area (Å²) in [5.74, 6) is 0.285. The Hall–Kier alpha value is -1.39. The third-order valence-corrected chi connectivity index (χ3v) is 3.56. The summed E-state index contributed by atoms with van der Waals surface area (Å²) < 4.78 is 0.902. The minimum absolute atomic E-state index is 0.191. The molecule has 0 saturated carbocycles. The van der Waals surface area contributed by atoms with E-state index >= 15 is 0 Å². The summed E-state index contributed by atoms with van der Waals surface area (Å²) in [6.07, 6.45) is 1.49. The van der Waals surface area contributed by atoms with Crippen LogP contribution in [0.2, 0.25) is 5.02 Å². The second kappa shape index (κ2) is 5.50. The number of halogens is 2. The number of nitrogens with zero attached hydrogens (tertiary/aromatic N) is 1. The zero-order valence-electron chi connectivity index (χ0n) is 9.58. The maximum Gasteiger partial charge on any atom is 0.257 e. The van der Waals surface area contributed by atoms with Crippen molar-refractivity contribution in [3.8, 4) is 0 Å². The molecule has 0 radical (unpaired) electrons. The Morgan fingerprint density at radius 2 is 2.11 bits per heavy atom. The summed E-state index contributed by atoms with van der Waals surface area (Å²) in [5, 5.41) is 3.26. The number of pyridine rings is 1. The fourth-order valence-corrected chi connectivity index (χ4v) is 1.96. The molecule has 3 nitrogen and oxygen atoms in total. The first-order chi connectivity index (χ1) is 8.58. The van der Waals surface area contributed by atoms with Gasteiger partial charge in [-0.3, -0.25) is 4.79 Å². The van der Waals surface area contributed by atoms with E-state index in [1.165, 1.54) is 6.20 Å². The molecule has 18 heavy (non-hydrogen) atoms. The number of carbonyl (C=O) groups excluding carboxylic acids is 1. The van der Waals surface area contributed by atoms with Crippen molar-refractivity contribution in [2.45, 2.75) is 6.92 Å². The van der Waals surface area contributed by atoms with Crippen molar-refractivity contribution >= 4 is 39.3 Å². The summed E-state index contributed by atoms with van der Waals surface area (Å²) in [5.41, 5.74) is 1.50. The summed E-state index contributed by atoms with van der Waals surface area (Å²) in [6.45, 7) is 1.88. The molecule has 0 saturated heterocycles. The Bertz CT molecular complexity index is 584. The molecule has 0 bridgehead atoms. The standard InChI is InChI=1S/C13H10BrClN2O/c1-8-10(3-2-4-11(8)14)13(18)17-12-6-5-9(15)7-16-12/h2-7H,1H3,(H,16,17,18). The molecule has 1 aromatic heterocycles. The SMILES string of the molecule is Cc1c(Br)cccc1C(=O)Nc1ccc(Cl)cn1. The molecule has 0 spiro atoms. The van der Waals surface area contributed by atoms with Crippen molar-refractivity contribution in [2.24, 2.45) is 0 Å². The van der Waals surface area contributed by atoms with Crippen molar-refractivity contribution in [1.29, 1.82) is 0 Å². The monoisotopic (exact) mass is 324 g/mol. The third kappa shape index (κ3) is 2.89. The highest BCUT2D eigenvalue weighted by molar-refractivity contribution is 9.10. The quantitative estimate of drug-likeness (QED) is 0.905. The normalized spacial score (nSPS) is 10.2. The zero-order chi connectivity index (χ0) is 13.1. The summed E-state index contributed by atoms with van der Waals surface area (Å²) in [4.78, 5) is 16.1. The minimum Gasteiger partial charge on any atom is -0.307 e. The van der Waals surface area contributed by atoms with Crippen LogP contribution >= 0.6 is 27.5 Å². The van der Waals surface area contributed by atoms with Gasteiger partial charge in [0.25, 0.3) is 5.91 Å². The highest BCUT2D eigenvalue weighted by Crippen LogP contribution is 2.20. The van der Waals surface area contributed by atoms with Gasteiger partial charge in [0.2, 0.25) is 0 Å². The van der Waals surface area contributed by atoms with Crippen molar-refractivity contribution in [3.05, 3.63) is 57.2 Å². The second-order valence-corrected chi connectivity index (χ2v) is 5.02. The van der Waals surface area contributed by atoms with Gasteiger partial charge in [0.15, 0.2) is 0 Å². The largest absolute Gasteiger partial charge is 0.307 e. The predicted octanol–water partition coefficient (Wildman–Crippen LogP) is 4.06. The molecule has 0 aliphatic rings. The molecule has 0 unspecified atom stereocenters. The predicted molar refractivity (Wildman–Crippen MR) is 76.1 cm³/mol. The van der Waals surface area contributed by atoms with Crippen LogP contribution in [0.5, 0.6) is 0 Å². The van der Waals surface area contributed by atoms with Gasteiger partial charge in [-0.25, -0.2) is 4.98 Å². The number of anilines is 1. The Morgan fingerprint density at radius 1 is 1.33 bits per heavy atom. The average Bonchev–Trinajstić information content (AvgIpc) is 2.35. The van der Waals surface area contributed by atoms with Crippen LogP contribution in [-0.2, 0) is 0 Å². The molecule has 92 valence electrons. The van der Waals surface area contributed by atoms with Gasteiger partial charge in [-0.05, 0) is 36.8 Å². The molecule has 2 rings (SSSR count). The molecule has 2 aromatic rings. The van der Waals surface area contributed by atoms with E-state index in [2.05, 4.69) is 26.2 Å². The number of hydrogen-bond donors (Lipinski definition) is 1. The maximum atomic E-state index is 12.1. The molecular formula is C13H10BrClN2O. The second-order valence-electron chi connectivity index (χ2n) is 3.73. The Morgan fingerprint density at radius 3 is 2.78 bits per heavy atom. The van der Waals surface area contributed by atoms with Gasteiger partial charge in [-0.2, -0.15) is 0 Å². The highest BCUT2D eigenvalue weighted by atomic mass is 79.9. The first kappa shape index (κ1) is 13.1. The van der Waals surface area contributed by atoms with Crippen molar-refractivity contribution in [2.75, 3.05) is 5.32 Å². The van der Waals surface area contributed by atoms with Crippen LogP contribution in [0, 0.1) is 6.92 Å². The lowest BCUT2D eigenvalue weighted by Gasteiger charge is -2.08. The van der Waals surface area contributed by atoms with Gasteiger partial charge in [-0.1, -0.05) is 33.6 Å². The number of nitrogens with one attached hydrogen (secondary N) is 1. The number of amides is 1. The third-order valence-electron chi connectivity index (χ3n) is 2.48. The molecule has 0 aliphatic heterocycles. The topological polar surface area (TPSA) is 42.0 Å². The van der Waals surface area contributed by atoms with E-state index in [1.807, 2.05) is 19.1 Å². The van der Waals surface area contributed by atoms with E-state index in [0.29, 0.717) is 16.4 Å². The van der Waals surface area contributed by atoms with Gasteiger partial charge in [0.1, 0.15) is 5.82 Å². The first-order valence-corrected chi connectivity index (χ1v) is 6.43. The molecule has 0 fully saturated rings. The van der Waals surface area contributed by atoms with E-state index < -0.39 is 0 Å². The van der Waals surface area contributed by atoms with Crippen LogP contribution in [0.4, 0.5) is 5.82 Å². The molecule has 1 amide bonds. The molecule has 1 aromatic carbocycles. The lowest BCUT2D eigenvalue weighted by atomic mass is 10.1. The molecule has 5 heteroatoms. The molecule has 0 atom stereocenters. The number of aromatic nitrogens is 1.